The van der Waals surface area contributed by atoms with Crippen LogP contribution in [0.5, 0.6) is 0 Å². The molecule has 23 heavy (non-hydrogen) atoms. The molecule has 0 aliphatic carbocycles. The Balaban J connectivity index is 0.00000161. The van der Waals surface area contributed by atoms with Gasteiger partial charge in [0.2, 0.25) is 0 Å². The number of halogens is 2. The van der Waals surface area contributed by atoms with Gasteiger partial charge >= 0.3 is 26.2 Å². The van der Waals surface area contributed by atoms with Crippen LogP contribution in [0.1, 0.15) is 37.8 Å². The molecule has 0 atom stereocenters. The molecular formula is C20H21Cl2Zr. The van der Waals surface area contributed by atoms with E-state index in [9.17, 15) is 0 Å². The Bertz CT molecular complexity index is 727. The number of hydrogen-bond donors (Lipinski definition) is 0. The van der Waals surface area contributed by atoms with Crippen LogP contribution in [0.15, 0.2) is 54.6 Å². The molecule has 0 aromatic heterocycles. The molecule has 3 aromatic rings. The molecule has 0 unspecified atom stereocenters. The van der Waals surface area contributed by atoms with Crippen LogP contribution in [0, 0.1) is 0 Å². The van der Waals surface area contributed by atoms with Crippen LogP contribution < -0.4 is 24.8 Å². The molecule has 0 heterocycles. The van der Waals surface area contributed by atoms with Crippen LogP contribution in [0.2, 0.25) is 0 Å². The maximum absolute atomic E-state index is 2.33. The van der Waals surface area contributed by atoms with Crippen LogP contribution in [0.3, 0.4) is 0 Å². The van der Waals surface area contributed by atoms with Gasteiger partial charge in [0.1, 0.15) is 0 Å². The summed E-state index contributed by atoms with van der Waals surface area (Å²) in [5.74, 6) is 0.588. The SMILES string of the molecule is CCc1cc2c(-c3ccc(C(C)C)cc3)cccc2[cH-]1.[Cl-].[Cl-].[Zr+3]. The number of fused-ring (bicyclic) bond motifs is 1. The summed E-state index contributed by atoms with van der Waals surface area (Å²) in [5, 5.41) is 2.73. The maximum Gasteiger partial charge on any atom is 3.00 e. The Labute approximate surface area is 171 Å². The minimum Gasteiger partial charge on any atom is -1.00 e. The third-order valence-corrected chi connectivity index (χ3v) is 4.11. The Morgan fingerprint density at radius 2 is 1.61 bits per heavy atom. The van der Waals surface area contributed by atoms with E-state index >= 15 is 0 Å². The number of rotatable bonds is 3. The molecule has 0 nitrogen and oxygen atoms in total. The van der Waals surface area contributed by atoms with Gasteiger partial charge in [-0.1, -0.05) is 56.7 Å². The molecule has 0 saturated carbocycles. The summed E-state index contributed by atoms with van der Waals surface area (Å²) in [7, 11) is 0. The van der Waals surface area contributed by atoms with E-state index in [1.165, 1.54) is 33.0 Å². The van der Waals surface area contributed by atoms with Gasteiger partial charge in [0.25, 0.3) is 0 Å². The second-order valence-corrected chi connectivity index (χ2v) is 5.80. The molecule has 0 spiro atoms. The Morgan fingerprint density at radius 1 is 0.957 bits per heavy atom. The van der Waals surface area contributed by atoms with Crippen molar-refractivity contribution in [2.24, 2.45) is 0 Å². The van der Waals surface area contributed by atoms with Crippen molar-refractivity contribution in [2.45, 2.75) is 33.1 Å². The first-order chi connectivity index (χ1) is 9.69. The molecule has 0 aliphatic rings. The molecule has 0 saturated heterocycles. The summed E-state index contributed by atoms with van der Waals surface area (Å²) < 4.78 is 0. The standard InChI is InChI=1S/C20H21.2ClH.Zr/c1-4-15-12-18-6-5-7-19(20(18)13-15)17-10-8-16(9-11-17)14(2)3;;;/h5-14H,4H2,1-3H3;2*1H;/q-1;;;+3/p-2. The predicted molar refractivity (Wildman–Crippen MR) is 88.4 cm³/mol. The molecule has 0 bridgehead atoms. The molecule has 1 radical (unpaired) electrons. The summed E-state index contributed by atoms with van der Waals surface area (Å²) >= 11 is 0. The quantitative estimate of drug-likeness (QED) is 0.517. The fourth-order valence-electron chi connectivity index (χ4n) is 2.80. The molecule has 3 rings (SSSR count). The zero-order valence-electron chi connectivity index (χ0n) is 13.7. The van der Waals surface area contributed by atoms with Gasteiger partial charge in [-0.15, -0.1) is 34.5 Å². The smallest absolute Gasteiger partial charge is 1.00 e. The Morgan fingerprint density at radius 3 is 2.17 bits per heavy atom. The van der Waals surface area contributed by atoms with Crippen molar-refractivity contribution in [1.82, 2.24) is 0 Å². The minimum atomic E-state index is 0. The molecule has 3 aromatic carbocycles. The van der Waals surface area contributed by atoms with Crippen molar-refractivity contribution in [3.8, 4) is 11.1 Å². The van der Waals surface area contributed by atoms with Gasteiger partial charge in [0, 0.05) is 0 Å². The van der Waals surface area contributed by atoms with Crippen LogP contribution in [-0.4, -0.2) is 0 Å². The second-order valence-electron chi connectivity index (χ2n) is 5.80. The predicted octanol–water partition coefficient (Wildman–Crippen LogP) is -0.0830. The van der Waals surface area contributed by atoms with Crippen molar-refractivity contribution in [3.63, 3.8) is 0 Å². The van der Waals surface area contributed by atoms with Gasteiger partial charge < -0.3 is 24.8 Å². The van der Waals surface area contributed by atoms with E-state index < -0.39 is 0 Å². The van der Waals surface area contributed by atoms with E-state index in [0.29, 0.717) is 5.92 Å². The van der Waals surface area contributed by atoms with Gasteiger partial charge in [-0.05, 0) is 23.5 Å². The summed E-state index contributed by atoms with van der Waals surface area (Å²) in [6.07, 6.45) is 1.10. The van der Waals surface area contributed by atoms with E-state index in [1.807, 2.05) is 0 Å². The third-order valence-electron chi connectivity index (χ3n) is 4.11. The van der Waals surface area contributed by atoms with E-state index in [-0.39, 0.29) is 51.0 Å². The van der Waals surface area contributed by atoms with E-state index in [4.69, 9.17) is 0 Å². The van der Waals surface area contributed by atoms with E-state index in [0.717, 1.165) is 6.42 Å². The average Bonchev–Trinajstić information content (AvgIpc) is 2.90. The zero-order valence-corrected chi connectivity index (χ0v) is 17.7. The molecule has 0 N–H and O–H groups in total. The summed E-state index contributed by atoms with van der Waals surface area (Å²) in [4.78, 5) is 0. The summed E-state index contributed by atoms with van der Waals surface area (Å²) in [6.45, 7) is 6.69. The van der Waals surface area contributed by atoms with Crippen LogP contribution in [-0.2, 0) is 32.6 Å². The van der Waals surface area contributed by atoms with Gasteiger partial charge in [-0.3, -0.25) is 0 Å². The van der Waals surface area contributed by atoms with Gasteiger partial charge in [-0.2, -0.15) is 6.07 Å². The Kier molecular flexibility index (Phi) is 9.52. The molecule has 119 valence electrons. The Hall–Kier alpha value is -0.487. The van der Waals surface area contributed by atoms with Gasteiger partial charge in [0.05, 0.1) is 0 Å². The molecular weight excluding hydrogens is 402 g/mol. The summed E-state index contributed by atoms with van der Waals surface area (Å²) in [5.41, 5.74) is 5.48. The van der Waals surface area contributed by atoms with Crippen LogP contribution in [0.4, 0.5) is 0 Å². The minimum absolute atomic E-state index is 0. The van der Waals surface area contributed by atoms with Crippen molar-refractivity contribution in [3.05, 3.63) is 65.7 Å². The molecule has 0 aliphatic heterocycles. The number of benzene rings is 2. The zero-order chi connectivity index (χ0) is 14.1. The van der Waals surface area contributed by atoms with Crippen LogP contribution in [0.25, 0.3) is 21.9 Å². The van der Waals surface area contributed by atoms with Crippen molar-refractivity contribution >= 4 is 10.8 Å². The molecule has 0 amide bonds. The third kappa shape index (κ3) is 4.75. The second kappa shape index (κ2) is 9.72. The van der Waals surface area contributed by atoms with Gasteiger partial charge in [-0.25, -0.2) is 0 Å². The van der Waals surface area contributed by atoms with E-state index in [2.05, 4.69) is 75.4 Å². The monoisotopic (exact) mass is 421 g/mol. The number of hydrogen-bond acceptors (Lipinski definition) is 0. The first kappa shape index (κ1) is 22.5. The van der Waals surface area contributed by atoms with Crippen LogP contribution >= 0.6 is 0 Å². The van der Waals surface area contributed by atoms with Gasteiger partial charge in [0.15, 0.2) is 0 Å². The topological polar surface area (TPSA) is 0 Å². The van der Waals surface area contributed by atoms with Crippen molar-refractivity contribution < 1.29 is 51.0 Å². The maximum atomic E-state index is 2.33. The number of aryl methyl sites for hydroxylation is 1. The largest absolute Gasteiger partial charge is 3.00 e. The molecule has 0 fully saturated rings. The summed E-state index contributed by atoms with van der Waals surface area (Å²) in [6, 6.07) is 20.2. The van der Waals surface area contributed by atoms with Crippen molar-refractivity contribution in [1.29, 1.82) is 0 Å². The average molecular weight is 424 g/mol. The first-order valence-corrected chi connectivity index (χ1v) is 7.47. The van der Waals surface area contributed by atoms with Crippen molar-refractivity contribution in [2.75, 3.05) is 0 Å². The normalized spacial score (nSPS) is 9.91. The fraction of sp³-hybridized carbons (Fsp3) is 0.250. The van der Waals surface area contributed by atoms with E-state index in [1.54, 1.807) is 0 Å². The molecule has 3 heteroatoms. The fourth-order valence-corrected chi connectivity index (χ4v) is 2.80. The first-order valence-electron chi connectivity index (χ1n) is 7.47.